The minimum atomic E-state index is -4.80. The van der Waals surface area contributed by atoms with E-state index in [4.69, 9.17) is 0 Å². The van der Waals surface area contributed by atoms with Gasteiger partial charge in [0.2, 0.25) is 0 Å². The Morgan fingerprint density at radius 3 is 2.50 bits per heavy atom. The first kappa shape index (κ1) is 14.6. The van der Waals surface area contributed by atoms with Gasteiger partial charge < -0.3 is 0 Å². The average Bonchev–Trinajstić information content (AvgIpc) is 2.73. The van der Waals surface area contributed by atoms with Crippen molar-refractivity contribution in [2.75, 3.05) is 0 Å². The van der Waals surface area contributed by atoms with Gasteiger partial charge in [-0.1, -0.05) is 0 Å². The van der Waals surface area contributed by atoms with Crippen LogP contribution in [0.3, 0.4) is 0 Å². The molecule has 0 N–H and O–H groups in total. The highest BCUT2D eigenvalue weighted by Gasteiger charge is 2.40. The van der Waals surface area contributed by atoms with Crippen LogP contribution in [0.1, 0.15) is 23.0 Å². The van der Waals surface area contributed by atoms with Crippen molar-refractivity contribution in [3.8, 4) is 5.82 Å². The maximum atomic E-state index is 13.1. The Hall–Kier alpha value is -1.77. The zero-order chi connectivity index (χ0) is 15.1. The number of halogens is 5. The van der Waals surface area contributed by atoms with E-state index in [0.29, 0.717) is 4.68 Å². The van der Waals surface area contributed by atoms with Crippen LogP contribution in [0.2, 0.25) is 0 Å². The molecule has 2 aromatic heterocycles. The molecule has 106 valence electrons. The summed E-state index contributed by atoms with van der Waals surface area (Å²) in [7, 11) is 0. The third-order valence-electron chi connectivity index (χ3n) is 2.41. The van der Waals surface area contributed by atoms with Crippen LogP contribution in [0.15, 0.2) is 22.9 Å². The fourth-order valence-corrected chi connectivity index (χ4v) is 2.09. The second-order valence-corrected chi connectivity index (χ2v) is 4.69. The number of rotatable bonds is 2. The van der Waals surface area contributed by atoms with Gasteiger partial charge >= 0.3 is 6.18 Å². The molecule has 0 atom stereocenters. The van der Waals surface area contributed by atoms with E-state index in [0.717, 1.165) is 25.4 Å². The highest BCUT2D eigenvalue weighted by atomic mass is 79.9. The highest BCUT2D eigenvalue weighted by molar-refractivity contribution is 9.10. The number of pyridine rings is 1. The Labute approximate surface area is 118 Å². The van der Waals surface area contributed by atoms with Gasteiger partial charge in [0, 0.05) is 0 Å². The molecule has 0 fully saturated rings. The summed E-state index contributed by atoms with van der Waals surface area (Å²) in [6.45, 7) is 1.00. The average molecular weight is 352 g/mol. The summed E-state index contributed by atoms with van der Waals surface area (Å²) >= 11 is 2.92. The Balaban J connectivity index is 2.72. The lowest BCUT2D eigenvalue weighted by molar-refractivity contribution is -0.143. The molecular formula is C11H6BrF4N3O. The van der Waals surface area contributed by atoms with Crippen LogP contribution in [0.25, 0.3) is 5.82 Å². The summed E-state index contributed by atoms with van der Waals surface area (Å²) in [6.07, 6.45) is -3.23. The fourth-order valence-electron chi connectivity index (χ4n) is 1.60. The number of aromatic nitrogens is 3. The second kappa shape index (κ2) is 4.97. The SMILES string of the molecule is CC(=O)c1cnn(-c2ncc(F)cc2Br)c1C(F)(F)F. The van der Waals surface area contributed by atoms with E-state index in [-0.39, 0.29) is 10.3 Å². The Morgan fingerprint density at radius 1 is 1.35 bits per heavy atom. The summed E-state index contributed by atoms with van der Waals surface area (Å²) in [5.41, 5.74) is -1.82. The Bertz CT molecular complexity index is 681. The van der Waals surface area contributed by atoms with Gasteiger partial charge in [-0.05, 0) is 28.9 Å². The summed E-state index contributed by atoms with van der Waals surface area (Å²) in [5, 5.41) is 3.53. The maximum absolute atomic E-state index is 13.1. The minimum Gasteiger partial charge on any atom is -0.294 e. The first-order valence-electron chi connectivity index (χ1n) is 5.19. The first-order chi connectivity index (χ1) is 9.21. The third kappa shape index (κ3) is 2.58. The smallest absolute Gasteiger partial charge is 0.294 e. The number of Topliss-reactive ketones (excluding diaryl/α,β-unsaturated/α-hetero) is 1. The molecular weight excluding hydrogens is 346 g/mol. The highest BCUT2D eigenvalue weighted by Crippen LogP contribution is 2.34. The summed E-state index contributed by atoms with van der Waals surface area (Å²) in [6, 6.07) is 0.956. The van der Waals surface area contributed by atoms with Gasteiger partial charge in [-0.3, -0.25) is 4.79 Å². The van der Waals surface area contributed by atoms with Crippen LogP contribution >= 0.6 is 15.9 Å². The minimum absolute atomic E-state index is 0.0128. The predicted octanol–water partition coefficient (Wildman–Crippen LogP) is 3.39. The Kier molecular flexibility index (Phi) is 3.63. The fraction of sp³-hybridized carbons (Fsp3) is 0.182. The van der Waals surface area contributed by atoms with Crippen LogP contribution < -0.4 is 0 Å². The molecule has 0 saturated heterocycles. The molecule has 0 saturated carbocycles. The van der Waals surface area contributed by atoms with E-state index in [1.54, 1.807) is 0 Å². The lowest BCUT2D eigenvalue weighted by Gasteiger charge is -2.12. The van der Waals surface area contributed by atoms with E-state index in [2.05, 4.69) is 26.0 Å². The van der Waals surface area contributed by atoms with E-state index < -0.39 is 29.0 Å². The number of hydrogen-bond donors (Lipinski definition) is 0. The van der Waals surface area contributed by atoms with Crippen LogP contribution in [0, 0.1) is 5.82 Å². The third-order valence-corrected chi connectivity index (χ3v) is 2.99. The van der Waals surface area contributed by atoms with E-state index in [9.17, 15) is 22.4 Å². The molecule has 0 aliphatic heterocycles. The van der Waals surface area contributed by atoms with E-state index in [1.807, 2.05) is 0 Å². The largest absolute Gasteiger partial charge is 0.434 e. The van der Waals surface area contributed by atoms with Gasteiger partial charge in [-0.15, -0.1) is 0 Å². The van der Waals surface area contributed by atoms with Gasteiger partial charge in [0.1, 0.15) is 5.82 Å². The molecule has 0 aromatic carbocycles. The quantitative estimate of drug-likeness (QED) is 0.615. The van der Waals surface area contributed by atoms with Crippen molar-refractivity contribution in [3.63, 3.8) is 0 Å². The molecule has 0 aliphatic carbocycles. The number of alkyl halides is 3. The topological polar surface area (TPSA) is 47.8 Å². The maximum Gasteiger partial charge on any atom is 0.434 e. The first-order valence-corrected chi connectivity index (χ1v) is 5.98. The van der Waals surface area contributed by atoms with E-state index in [1.165, 1.54) is 0 Å². The van der Waals surface area contributed by atoms with Gasteiger partial charge in [0.05, 0.1) is 22.4 Å². The molecule has 2 heterocycles. The zero-order valence-corrected chi connectivity index (χ0v) is 11.5. The van der Waals surface area contributed by atoms with Crippen molar-refractivity contribution in [1.82, 2.24) is 14.8 Å². The molecule has 4 nitrogen and oxygen atoms in total. The summed E-state index contributed by atoms with van der Waals surface area (Å²) in [5.74, 6) is -1.75. The molecule has 2 rings (SSSR count). The molecule has 2 aromatic rings. The van der Waals surface area contributed by atoms with Crippen molar-refractivity contribution in [3.05, 3.63) is 40.0 Å². The van der Waals surface area contributed by atoms with Crippen molar-refractivity contribution >= 4 is 21.7 Å². The Morgan fingerprint density at radius 2 is 2.00 bits per heavy atom. The number of nitrogens with zero attached hydrogens (tertiary/aromatic N) is 3. The molecule has 0 spiro atoms. The summed E-state index contributed by atoms with van der Waals surface area (Å²) < 4.78 is 52.6. The van der Waals surface area contributed by atoms with Crippen LogP contribution in [0.5, 0.6) is 0 Å². The van der Waals surface area contributed by atoms with Gasteiger partial charge in [-0.25, -0.2) is 14.1 Å². The second-order valence-electron chi connectivity index (χ2n) is 3.83. The molecule has 0 aliphatic rings. The van der Waals surface area contributed by atoms with Crippen molar-refractivity contribution in [1.29, 1.82) is 0 Å². The van der Waals surface area contributed by atoms with Crippen molar-refractivity contribution in [2.24, 2.45) is 0 Å². The normalized spacial score (nSPS) is 11.7. The van der Waals surface area contributed by atoms with Gasteiger partial charge in [-0.2, -0.15) is 18.3 Å². The molecule has 0 amide bonds. The van der Waals surface area contributed by atoms with Gasteiger partial charge in [0.25, 0.3) is 0 Å². The molecule has 9 heteroatoms. The number of ketones is 1. The monoisotopic (exact) mass is 351 g/mol. The summed E-state index contributed by atoms with van der Waals surface area (Å²) in [4.78, 5) is 14.8. The van der Waals surface area contributed by atoms with Crippen molar-refractivity contribution < 1.29 is 22.4 Å². The van der Waals surface area contributed by atoms with Crippen molar-refractivity contribution in [2.45, 2.75) is 13.1 Å². The standard InChI is InChI=1S/C11H6BrF4N3O/c1-5(20)7-4-18-19(9(7)11(14,15)16)10-8(12)2-6(13)3-17-10/h2-4H,1H3. The number of carbonyl (C=O) groups excluding carboxylic acids is 1. The van der Waals surface area contributed by atoms with E-state index >= 15 is 0 Å². The zero-order valence-electron chi connectivity index (χ0n) is 9.87. The molecule has 20 heavy (non-hydrogen) atoms. The number of carbonyl (C=O) groups is 1. The molecule has 0 bridgehead atoms. The molecule has 0 unspecified atom stereocenters. The lowest BCUT2D eigenvalue weighted by atomic mass is 10.2. The molecule has 0 radical (unpaired) electrons. The lowest BCUT2D eigenvalue weighted by Crippen LogP contribution is -2.17. The van der Waals surface area contributed by atoms with Crippen LogP contribution in [-0.2, 0) is 6.18 Å². The predicted molar refractivity (Wildman–Crippen MR) is 64.0 cm³/mol. The van der Waals surface area contributed by atoms with Gasteiger partial charge in [0.15, 0.2) is 17.3 Å². The van der Waals surface area contributed by atoms with Crippen LogP contribution in [-0.4, -0.2) is 20.5 Å². The van der Waals surface area contributed by atoms with Crippen LogP contribution in [0.4, 0.5) is 17.6 Å². The number of hydrogen-bond acceptors (Lipinski definition) is 3.